The van der Waals surface area contributed by atoms with Crippen LogP contribution in [0.4, 0.5) is 0 Å². The van der Waals surface area contributed by atoms with E-state index >= 15 is 0 Å². The van der Waals surface area contributed by atoms with Crippen LogP contribution in [-0.2, 0) is 14.3 Å². The molecule has 5 fully saturated rings. The van der Waals surface area contributed by atoms with Gasteiger partial charge in [-0.05, 0) is 66.6 Å². The molecule has 3 heteroatoms. The number of carbonyl (C=O) groups excluding carboxylic acids is 2. The smallest absolute Gasteiger partial charge is 0.317 e. The summed E-state index contributed by atoms with van der Waals surface area (Å²) in [6.45, 7) is 2.33. The number of hydrogen-bond acceptors (Lipinski definition) is 3. The number of rotatable bonds is 2. The fraction of sp³-hybridized carbons (Fsp3) is 0.882. The Morgan fingerprint density at radius 1 is 1.15 bits per heavy atom. The lowest BCUT2D eigenvalue weighted by Gasteiger charge is -2.50. The van der Waals surface area contributed by atoms with Gasteiger partial charge < -0.3 is 4.74 Å². The fourth-order valence-corrected chi connectivity index (χ4v) is 7.45. The SMILES string of the molecule is CCC12CC3CC4CC(C5CC(=O)OC5=O)(C1)CC34C2. The largest absolute Gasteiger partial charge is 0.393 e. The molecule has 4 aliphatic carbocycles. The number of esters is 2. The molecule has 0 aromatic rings. The molecule has 108 valence electrons. The third kappa shape index (κ3) is 1.09. The Morgan fingerprint density at radius 3 is 2.65 bits per heavy atom. The summed E-state index contributed by atoms with van der Waals surface area (Å²) in [5, 5.41) is 0. The third-order valence-corrected chi connectivity index (χ3v) is 8.00. The molecular formula is C17H22O3. The number of hydrogen-bond donors (Lipinski definition) is 0. The third-order valence-electron chi connectivity index (χ3n) is 8.00. The normalized spacial score (nSPS) is 58.8. The maximum absolute atomic E-state index is 12.2. The first kappa shape index (κ1) is 11.8. The lowest BCUT2D eigenvalue weighted by Crippen LogP contribution is -2.43. The van der Waals surface area contributed by atoms with Crippen LogP contribution in [0.3, 0.4) is 0 Å². The van der Waals surface area contributed by atoms with Crippen molar-refractivity contribution in [2.75, 3.05) is 0 Å². The van der Waals surface area contributed by atoms with Gasteiger partial charge in [-0.3, -0.25) is 9.59 Å². The van der Waals surface area contributed by atoms with Crippen LogP contribution >= 0.6 is 0 Å². The summed E-state index contributed by atoms with van der Waals surface area (Å²) in [5.74, 6) is 1.14. The summed E-state index contributed by atoms with van der Waals surface area (Å²) in [5.41, 5.74) is 1.13. The van der Waals surface area contributed by atoms with Crippen molar-refractivity contribution in [2.24, 2.45) is 34.0 Å². The molecule has 1 spiro atoms. The average molecular weight is 274 g/mol. The molecule has 0 radical (unpaired) electrons. The number of fused-ring (bicyclic) bond motifs is 2. The first-order valence-corrected chi connectivity index (χ1v) is 8.26. The van der Waals surface area contributed by atoms with E-state index in [4.69, 9.17) is 4.74 Å². The van der Waals surface area contributed by atoms with Gasteiger partial charge in [0.15, 0.2) is 0 Å². The molecular weight excluding hydrogens is 252 g/mol. The van der Waals surface area contributed by atoms with Gasteiger partial charge in [0.2, 0.25) is 0 Å². The van der Waals surface area contributed by atoms with Crippen LogP contribution in [0, 0.1) is 34.0 Å². The first-order valence-electron chi connectivity index (χ1n) is 8.26. The van der Waals surface area contributed by atoms with Gasteiger partial charge in [0.25, 0.3) is 0 Å². The summed E-state index contributed by atoms with van der Waals surface area (Å²) in [4.78, 5) is 23.7. The molecule has 1 saturated heterocycles. The Kier molecular flexibility index (Phi) is 1.85. The van der Waals surface area contributed by atoms with E-state index in [1.54, 1.807) is 0 Å². The number of ether oxygens (including phenoxy) is 1. The van der Waals surface area contributed by atoms with Crippen LogP contribution in [0.15, 0.2) is 0 Å². The second kappa shape index (κ2) is 3.15. The molecule has 0 aromatic heterocycles. The van der Waals surface area contributed by atoms with Gasteiger partial charge in [-0.1, -0.05) is 13.3 Å². The molecule has 4 saturated carbocycles. The molecule has 5 rings (SSSR count). The van der Waals surface area contributed by atoms with Crippen LogP contribution < -0.4 is 0 Å². The summed E-state index contributed by atoms with van der Waals surface area (Å²) in [6.07, 6.45) is 9.36. The minimum Gasteiger partial charge on any atom is -0.393 e. The highest BCUT2D eigenvalue weighted by Crippen LogP contribution is 2.83. The minimum absolute atomic E-state index is 0.105. The second-order valence-corrected chi connectivity index (χ2v) is 8.57. The fourth-order valence-electron chi connectivity index (χ4n) is 7.45. The van der Waals surface area contributed by atoms with Crippen molar-refractivity contribution in [3.05, 3.63) is 0 Å². The minimum atomic E-state index is -0.286. The number of carbonyl (C=O) groups is 2. The van der Waals surface area contributed by atoms with E-state index in [2.05, 4.69) is 6.92 Å². The maximum atomic E-state index is 12.2. The molecule has 0 aromatic carbocycles. The van der Waals surface area contributed by atoms with E-state index in [9.17, 15) is 9.59 Å². The van der Waals surface area contributed by atoms with E-state index in [-0.39, 0.29) is 23.3 Å². The van der Waals surface area contributed by atoms with Crippen LogP contribution in [-0.4, -0.2) is 11.9 Å². The van der Waals surface area contributed by atoms with Gasteiger partial charge in [-0.15, -0.1) is 0 Å². The van der Waals surface area contributed by atoms with Gasteiger partial charge in [-0.2, -0.15) is 0 Å². The zero-order valence-corrected chi connectivity index (χ0v) is 12.1. The molecule has 0 amide bonds. The molecule has 3 bridgehead atoms. The second-order valence-electron chi connectivity index (χ2n) is 8.57. The van der Waals surface area contributed by atoms with Crippen molar-refractivity contribution < 1.29 is 14.3 Å². The molecule has 5 aliphatic rings. The standard InChI is InChI=1S/C17H22O3/c1-2-15-5-10-3-11-6-16(7-15,9-17(10,11)8-15)12-4-13(18)20-14(12)19/h10-12H,2-9H2,1H3. The van der Waals surface area contributed by atoms with E-state index in [0.717, 1.165) is 11.8 Å². The van der Waals surface area contributed by atoms with Crippen molar-refractivity contribution in [3.8, 4) is 0 Å². The van der Waals surface area contributed by atoms with Crippen LogP contribution in [0.25, 0.3) is 0 Å². The van der Waals surface area contributed by atoms with Crippen LogP contribution in [0.5, 0.6) is 0 Å². The van der Waals surface area contributed by atoms with Crippen molar-refractivity contribution >= 4 is 11.9 Å². The molecule has 1 aliphatic heterocycles. The molecule has 3 nitrogen and oxygen atoms in total. The molecule has 20 heavy (non-hydrogen) atoms. The quantitative estimate of drug-likeness (QED) is 0.574. The Balaban J connectivity index is 1.60. The zero-order chi connectivity index (χ0) is 13.8. The first-order chi connectivity index (χ1) is 9.51. The van der Waals surface area contributed by atoms with Gasteiger partial charge >= 0.3 is 11.9 Å². The van der Waals surface area contributed by atoms with Gasteiger partial charge in [0.05, 0.1) is 12.3 Å². The highest BCUT2D eigenvalue weighted by atomic mass is 16.6. The summed E-state index contributed by atoms with van der Waals surface area (Å²) in [7, 11) is 0. The van der Waals surface area contributed by atoms with E-state index in [0.29, 0.717) is 17.3 Å². The highest BCUT2D eigenvalue weighted by molar-refractivity contribution is 5.95. The van der Waals surface area contributed by atoms with Gasteiger partial charge in [0.1, 0.15) is 0 Å². The monoisotopic (exact) mass is 274 g/mol. The zero-order valence-electron chi connectivity index (χ0n) is 12.1. The summed E-state index contributed by atoms with van der Waals surface area (Å²) < 4.78 is 4.90. The predicted octanol–water partition coefficient (Wildman–Crippen LogP) is 3.07. The van der Waals surface area contributed by atoms with Crippen LogP contribution in [0.2, 0.25) is 0 Å². The van der Waals surface area contributed by atoms with E-state index < -0.39 is 0 Å². The highest BCUT2D eigenvalue weighted by Gasteiger charge is 2.76. The van der Waals surface area contributed by atoms with E-state index in [1.807, 2.05) is 0 Å². The van der Waals surface area contributed by atoms with E-state index in [1.165, 1.54) is 44.9 Å². The van der Waals surface area contributed by atoms with Crippen molar-refractivity contribution in [1.82, 2.24) is 0 Å². The topological polar surface area (TPSA) is 43.4 Å². The van der Waals surface area contributed by atoms with Crippen molar-refractivity contribution in [2.45, 2.75) is 58.3 Å². The maximum Gasteiger partial charge on any atom is 0.317 e. The number of cyclic esters (lactones) is 2. The lowest BCUT2D eigenvalue weighted by molar-refractivity contribution is -0.155. The summed E-state index contributed by atoms with van der Waals surface area (Å²) >= 11 is 0. The Labute approximate surface area is 119 Å². The predicted molar refractivity (Wildman–Crippen MR) is 71.5 cm³/mol. The lowest BCUT2D eigenvalue weighted by atomic mass is 9.54. The average Bonchev–Trinajstić information content (AvgIpc) is 2.90. The van der Waals surface area contributed by atoms with Gasteiger partial charge in [-0.25, -0.2) is 0 Å². The Morgan fingerprint density at radius 2 is 1.95 bits per heavy atom. The Bertz CT molecular complexity index is 540. The van der Waals surface area contributed by atoms with Crippen molar-refractivity contribution in [1.29, 1.82) is 0 Å². The van der Waals surface area contributed by atoms with Crippen molar-refractivity contribution in [3.63, 3.8) is 0 Å². The van der Waals surface area contributed by atoms with Crippen LogP contribution in [0.1, 0.15) is 58.3 Å². The summed E-state index contributed by atoms with van der Waals surface area (Å²) in [6, 6.07) is 0. The molecule has 1 heterocycles. The molecule has 0 N–H and O–H groups in total. The molecule has 6 unspecified atom stereocenters. The van der Waals surface area contributed by atoms with Gasteiger partial charge in [0, 0.05) is 0 Å². The molecule has 6 atom stereocenters. The Hall–Kier alpha value is -0.860.